The van der Waals surface area contributed by atoms with E-state index in [0.29, 0.717) is 30.6 Å². The van der Waals surface area contributed by atoms with Crippen LogP contribution >= 0.6 is 0 Å². The van der Waals surface area contributed by atoms with Gasteiger partial charge >= 0.3 is 5.97 Å². The van der Waals surface area contributed by atoms with Gasteiger partial charge in [-0.3, -0.25) is 14.6 Å². The van der Waals surface area contributed by atoms with E-state index in [1.807, 2.05) is 0 Å². The molecule has 0 unspecified atom stereocenters. The van der Waals surface area contributed by atoms with Crippen LogP contribution in [0, 0.1) is 11.7 Å². The second-order valence-corrected chi connectivity index (χ2v) is 6.06. The van der Waals surface area contributed by atoms with Crippen molar-refractivity contribution in [1.29, 1.82) is 0 Å². The molecule has 3 rings (SSSR count). The third-order valence-electron chi connectivity index (χ3n) is 4.24. The summed E-state index contributed by atoms with van der Waals surface area (Å²) in [6.45, 7) is 0.989. The lowest BCUT2D eigenvalue weighted by Crippen LogP contribution is -2.42. The van der Waals surface area contributed by atoms with Crippen LogP contribution in [0.4, 0.5) is 4.39 Å². The number of benzene rings is 1. The minimum Gasteiger partial charge on any atom is -0.461 e. The van der Waals surface area contributed by atoms with Crippen LogP contribution in [-0.4, -0.2) is 34.8 Å². The molecule has 1 atom stereocenters. The Labute approximate surface area is 145 Å². The molecule has 0 N–H and O–H groups in total. The molecule has 0 saturated carbocycles. The maximum absolute atomic E-state index is 13.2. The normalized spacial score (nSPS) is 17.2. The summed E-state index contributed by atoms with van der Waals surface area (Å²) in [4.78, 5) is 30.4. The largest absolute Gasteiger partial charge is 0.461 e. The average molecular weight is 342 g/mol. The van der Waals surface area contributed by atoms with Gasteiger partial charge in [-0.25, -0.2) is 4.39 Å². The molecule has 130 valence electrons. The number of aromatic nitrogens is 1. The van der Waals surface area contributed by atoms with Crippen LogP contribution in [0.5, 0.6) is 0 Å². The summed E-state index contributed by atoms with van der Waals surface area (Å²) in [5, 5.41) is 0. The topological polar surface area (TPSA) is 59.5 Å². The second-order valence-electron chi connectivity index (χ2n) is 6.06. The molecular weight excluding hydrogens is 323 g/mol. The van der Waals surface area contributed by atoms with Crippen molar-refractivity contribution in [2.45, 2.75) is 19.4 Å². The Morgan fingerprint density at radius 3 is 2.80 bits per heavy atom. The van der Waals surface area contributed by atoms with Gasteiger partial charge in [-0.1, -0.05) is 12.1 Å². The summed E-state index contributed by atoms with van der Waals surface area (Å²) in [5.41, 5.74) is 1.16. The first-order valence-electron chi connectivity index (χ1n) is 8.24. The molecule has 0 aliphatic carbocycles. The van der Waals surface area contributed by atoms with E-state index >= 15 is 0 Å². The summed E-state index contributed by atoms with van der Waals surface area (Å²) in [7, 11) is 0. The number of piperidine rings is 1. The molecule has 1 amide bonds. The van der Waals surface area contributed by atoms with Crippen LogP contribution in [0.3, 0.4) is 0 Å². The van der Waals surface area contributed by atoms with Crippen molar-refractivity contribution >= 4 is 11.9 Å². The van der Waals surface area contributed by atoms with Crippen molar-refractivity contribution in [3.63, 3.8) is 0 Å². The smallest absolute Gasteiger partial charge is 0.311 e. The van der Waals surface area contributed by atoms with Gasteiger partial charge in [-0.05, 0) is 42.7 Å². The molecule has 0 radical (unpaired) electrons. The number of hydrogen-bond donors (Lipinski definition) is 0. The monoisotopic (exact) mass is 342 g/mol. The van der Waals surface area contributed by atoms with E-state index in [-0.39, 0.29) is 30.2 Å². The zero-order valence-corrected chi connectivity index (χ0v) is 13.7. The molecule has 1 aromatic heterocycles. The maximum atomic E-state index is 13.2. The number of carbonyl (C=O) groups excluding carboxylic acids is 2. The number of carbonyl (C=O) groups is 2. The Bertz CT molecular complexity index is 751. The van der Waals surface area contributed by atoms with Gasteiger partial charge in [0, 0.05) is 31.0 Å². The second kappa shape index (κ2) is 7.88. The molecule has 0 bridgehead atoms. The van der Waals surface area contributed by atoms with Crippen LogP contribution in [0.25, 0.3) is 0 Å². The average Bonchev–Trinajstić information content (AvgIpc) is 2.66. The van der Waals surface area contributed by atoms with E-state index in [9.17, 15) is 14.0 Å². The molecule has 5 nitrogen and oxygen atoms in total. The number of esters is 1. The van der Waals surface area contributed by atoms with Gasteiger partial charge in [0.25, 0.3) is 5.91 Å². The van der Waals surface area contributed by atoms with E-state index in [0.717, 1.165) is 6.42 Å². The van der Waals surface area contributed by atoms with E-state index in [1.54, 1.807) is 41.6 Å². The maximum Gasteiger partial charge on any atom is 0.311 e. The third-order valence-corrected chi connectivity index (χ3v) is 4.24. The van der Waals surface area contributed by atoms with Gasteiger partial charge in [-0.2, -0.15) is 0 Å². The van der Waals surface area contributed by atoms with Gasteiger partial charge < -0.3 is 9.64 Å². The van der Waals surface area contributed by atoms with E-state index in [1.165, 1.54) is 12.1 Å². The van der Waals surface area contributed by atoms with Gasteiger partial charge in [0.2, 0.25) is 0 Å². The lowest BCUT2D eigenvalue weighted by Gasteiger charge is -2.31. The lowest BCUT2D eigenvalue weighted by molar-refractivity contribution is -0.151. The molecule has 1 saturated heterocycles. The van der Waals surface area contributed by atoms with Crippen molar-refractivity contribution in [3.05, 3.63) is 65.7 Å². The molecule has 2 aromatic rings. The van der Waals surface area contributed by atoms with Gasteiger partial charge in [0.1, 0.15) is 12.4 Å². The summed E-state index contributed by atoms with van der Waals surface area (Å²) in [6.07, 6.45) is 4.57. The van der Waals surface area contributed by atoms with E-state index in [4.69, 9.17) is 4.74 Å². The molecule has 6 heteroatoms. The first-order chi connectivity index (χ1) is 12.1. The van der Waals surface area contributed by atoms with E-state index < -0.39 is 0 Å². The number of rotatable bonds is 4. The highest BCUT2D eigenvalue weighted by atomic mass is 19.1. The first-order valence-corrected chi connectivity index (χ1v) is 8.24. The number of nitrogens with zero attached hydrogens (tertiary/aromatic N) is 2. The number of likely N-dealkylation sites (tertiary alicyclic amines) is 1. The zero-order chi connectivity index (χ0) is 17.6. The Balaban J connectivity index is 1.57. The minimum absolute atomic E-state index is 0.0331. The van der Waals surface area contributed by atoms with Gasteiger partial charge in [-0.15, -0.1) is 0 Å². The Morgan fingerprint density at radius 2 is 2.04 bits per heavy atom. The predicted octanol–water partition coefficient (Wildman–Crippen LogP) is 2.82. The molecule has 25 heavy (non-hydrogen) atoms. The van der Waals surface area contributed by atoms with Crippen molar-refractivity contribution in [1.82, 2.24) is 9.88 Å². The fourth-order valence-corrected chi connectivity index (χ4v) is 2.93. The Kier molecular flexibility index (Phi) is 5.38. The molecule has 1 aliphatic heterocycles. The highest BCUT2D eigenvalue weighted by Crippen LogP contribution is 2.20. The molecule has 0 spiro atoms. The van der Waals surface area contributed by atoms with E-state index in [2.05, 4.69) is 4.98 Å². The number of halogens is 1. The highest BCUT2D eigenvalue weighted by Gasteiger charge is 2.30. The number of ether oxygens (including phenoxy) is 1. The van der Waals surface area contributed by atoms with Crippen LogP contribution in [-0.2, 0) is 16.1 Å². The Morgan fingerprint density at radius 1 is 1.24 bits per heavy atom. The van der Waals surface area contributed by atoms with Crippen molar-refractivity contribution < 1.29 is 18.7 Å². The quantitative estimate of drug-likeness (QED) is 0.802. The highest BCUT2D eigenvalue weighted by molar-refractivity contribution is 5.94. The Hall–Kier alpha value is -2.76. The summed E-state index contributed by atoms with van der Waals surface area (Å²) in [5.74, 6) is -1.17. The van der Waals surface area contributed by atoms with Crippen molar-refractivity contribution in [2.24, 2.45) is 5.92 Å². The minimum atomic E-state index is -0.361. The van der Waals surface area contributed by atoms with Crippen LogP contribution in [0.1, 0.15) is 28.8 Å². The summed E-state index contributed by atoms with van der Waals surface area (Å²) in [6, 6.07) is 9.29. The SMILES string of the molecule is O=C(OCc1cccc(F)c1)[C@@H]1CCCN(C(=O)c2ccncc2)C1. The lowest BCUT2D eigenvalue weighted by atomic mass is 9.97. The van der Waals surface area contributed by atoms with Crippen molar-refractivity contribution in [3.8, 4) is 0 Å². The summed E-state index contributed by atoms with van der Waals surface area (Å²) >= 11 is 0. The standard InChI is InChI=1S/C19H19FN2O3/c20-17-5-1-3-14(11-17)13-25-19(24)16-4-2-10-22(12-16)18(23)15-6-8-21-9-7-15/h1,3,5-9,11,16H,2,4,10,12-13H2/t16-/m1/s1. The fourth-order valence-electron chi connectivity index (χ4n) is 2.93. The fraction of sp³-hybridized carbons (Fsp3) is 0.316. The summed E-state index contributed by atoms with van der Waals surface area (Å²) < 4.78 is 18.5. The van der Waals surface area contributed by atoms with Gasteiger partial charge in [0.05, 0.1) is 5.92 Å². The zero-order valence-electron chi connectivity index (χ0n) is 13.7. The number of pyridine rings is 1. The first kappa shape index (κ1) is 17.1. The molecular formula is C19H19FN2O3. The van der Waals surface area contributed by atoms with Crippen LogP contribution in [0.15, 0.2) is 48.8 Å². The van der Waals surface area contributed by atoms with Crippen LogP contribution in [0.2, 0.25) is 0 Å². The molecule has 1 aliphatic rings. The predicted molar refractivity (Wildman–Crippen MR) is 89.1 cm³/mol. The van der Waals surface area contributed by atoms with Crippen molar-refractivity contribution in [2.75, 3.05) is 13.1 Å². The number of hydrogen-bond acceptors (Lipinski definition) is 4. The van der Waals surface area contributed by atoms with Gasteiger partial charge in [0.15, 0.2) is 0 Å². The number of amides is 1. The van der Waals surface area contributed by atoms with Crippen LogP contribution < -0.4 is 0 Å². The third kappa shape index (κ3) is 4.41. The molecule has 2 heterocycles. The molecule has 1 fully saturated rings. The molecule has 1 aromatic carbocycles.